The van der Waals surface area contributed by atoms with E-state index in [4.69, 9.17) is 0 Å². The Bertz CT molecular complexity index is 339. The van der Waals surface area contributed by atoms with Gasteiger partial charge in [0.05, 0.1) is 6.54 Å². The maximum Gasteiger partial charge on any atom is 0.122 e. The Morgan fingerprint density at radius 2 is 2.17 bits per heavy atom. The summed E-state index contributed by atoms with van der Waals surface area (Å²) < 4.78 is 2.20. The van der Waals surface area contributed by atoms with Gasteiger partial charge in [-0.05, 0) is 58.8 Å². The molecule has 18 heavy (non-hydrogen) atoms. The monoisotopic (exact) mass is 250 g/mol. The van der Waals surface area contributed by atoms with Gasteiger partial charge in [-0.1, -0.05) is 0 Å². The molecular formula is C14H26N4. The molecule has 0 aliphatic carbocycles. The fraction of sp³-hybridized carbons (Fsp3) is 0.786. The van der Waals surface area contributed by atoms with Gasteiger partial charge in [0.25, 0.3) is 0 Å². The highest BCUT2D eigenvalue weighted by molar-refractivity contribution is 4.91. The second-order valence-corrected chi connectivity index (χ2v) is 5.34. The average molecular weight is 250 g/mol. The van der Waals surface area contributed by atoms with Crippen LogP contribution in [0, 0.1) is 5.92 Å². The van der Waals surface area contributed by atoms with E-state index < -0.39 is 0 Å². The standard InChI is InChI=1S/C14H26N4/c1-3-18-11-8-16-14(18)12-15-7-4-13-5-9-17(2)10-6-13/h8,11,13,15H,3-7,9-10,12H2,1-2H3. The minimum Gasteiger partial charge on any atom is -0.334 e. The van der Waals surface area contributed by atoms with Crippen molar-refractivity contribution in [2.75, 3.05) is 26.7 Å². The topological polar surface area (TPSA) is 33.1 Å². The Morgan fingerprint density at radius 1 is 1.39 bits per heavy atom. The predicted molar refractivity (Wildman–Crippen MR) is 74.4 cm³/mol. The molecule has 0 radical (unpaired) electrons. The quantitative estimate of drug-likeness (QED) is 0.781. The highest BCUT2D eigenvalue weighted by atomic mass is 15.1. The molecule has 0 unspecified atom stereocenters. The number of piperidine rings is 1. The molecule has 1 aromatic rings. The van der Waals surface area contributed by atoms with Crippen molar-refractivity contribution >= 4 is 0 Å². The summed E-state index contributed by atoms with van der Waals surface area (Å²) in [7, 11) is 2.22. The summed E-state index contributed by atoms with van der Waals surface area (Å²) in [5, 5.41) is 3.52. The van der Waals surface area contributed by atoms with Gasteiger partial charge in [-0.3, -0.25) is 0 Å². The third kappa shape index (κ3) is 3.82. The van der Waals surface area contributed by atoms with Gasteiger partial charge >= 0.3 is 0 Å². The van der Waals surface area contributed by atoms with E-state index in [-0.39, 0.29) is 0 Å². The van der Waals surface area contributed by atoms with Crippen LogP contribution in [0.4, 0.5) is 0 Å². The van der Waals surface area contributed by atoms with Gasteiger partial charge in [-0.15, -0.1) is 0 Å². The first-order valence-corrected chi connectivity index (χ1v) is 7.19. The Labute approximate surface area is 110 Å². The van der Waals surface area contributed by atoms with Crippen molar-refractivity contribution in [2.24, 2.45) is 5.92 Å². The first-order chi connectivity index (χ1) is 8.79. The Balaban J connectivity index is 1.61. The molecule has 2 heterocycles. The van der Waals surface area contributed by atoms with E-state index in [2.05, 4.69) is 33.7 Å². The van der Waals surface area contributed by atoms with Gasteiger partial charge in [0.15, 0.2) is 0 Å². The third-order valence-electron chi connectivity index (χ3n) is 3.99. The lowest BCUT2D eigenvalue weighted by atomic mass is 9.94. The average Bonchev–Trinajstić information content (AvgIpc) is 2.84. The molecule has 0 saturated carbocycles. The van der Waals surface area contributed by atoms with Crippen LogP contribution in [0.1, 0.15) is 32.0 Å². The molecule has 4 heteroatoms. The van der Waals surface area contributed by atoms with Crippen molar-refractivity contribution in [2.45, 2.75) is 39.3 Å². The Hall–Kier alpha value is -0.870. The zero-order valence-corrected chi connectivity index (χ0v) is 11.7. The van der Waals surface area contributed by atoms with Crippen LogP contribution < -0.4 is 5.32 Å². The van der Waals surface area contributed by atoms with Gasteiger partial charge in [-0.2, -0.15) is 0 Å². The molecule has 1 aromatic heterocycles. The molecule has 1 aliphatic rings. The number of imidazole rings is 1. The maximum atomic E-state index is 4.38. The lowest BCUT2D eigenvalue weighted by molar-refractivity contribution is 0.211. The van der Waals surface area contributed by atoms with Crippen molar-refractivity contribution in [1.29, 1.82) is 0 Å². The zero-order chi connectivity index (χ0) is 12.8. The summed E-state index contributed by atoms with van der Waals surface area (Å²) >= 11 is 0. The molecule has 102 valence electrons. The largest absolute Gasteiger partial charge is 0.334 e. The van der Waals surface area contributed by atoms with Gasteiger partial charge in [0.2, 0.25) is 0 Å². The fourth-order valence-corrected chi connectivity index (χ4v) is 2.65. The molecule has 1 fully saturated rings. The molecular weight excluding hydrogens is 224 g/mol. The number of aryl methyl sites for hydroxylation is 1. The number of aromatic nitrogens is 2. The van der Waals surface area contributed by atoms with Gasteiger partial charge < -0.3 is 14.8 Å². The molecule has 0 bridgehead atoms. The van der Waals surface area contributed by atoms with Crippen LogP contribution in [-0.4, -0.2) is 41.1 Å². The molecule has 1 saturated heterocycles. The van der Waals surface area contributed by atoms with Crippen molar-refractivity contribution in [1.82, 2.24) is 19.8 Å². The molecule has 1 aliphatic heterocycles. The van der Waals surface area contributed by atoms with Crippen LogP contribution in [0.15, 0.2) is 12.4 Å². The van der Waals surface area contributed by atoms with Crippen LogP contribution in [0.3, 0.4) is 0 Å². The lowest BCUT2D eigenvalue weighted by Crippen LogP contribution is -2.31. The smallest absolute Gasteiger partial charge is 0.122 e. The summed E-state index contributed by atoms with van der Waals surface area (Å²) in [6.07, 6.45) is 7.97. The van der Waals surface area contributed by atoms with Crippen LogP contribution >= 0.6 is 0 Å². The van der Waals surface area contributed by atoms with Crippen LogP contribution in [0.2, 0.25) is 0 Å². The predicted octanol–water partition coefficient (Wildman–Crippen LogP) is 1.72. The van der Waals surface area contributed by atoms with Crippen molar-refractivity contribution in [3.05, 3.63) is 18.2 Å². The number of hydrogen-bond acceptors (Lipinski definition) is 3. The van der Waals surface area contributed by atoms with E-state index >= 15 is 0 Å². The zero-order valence-electron chi connectivity index (χ0n) is 11.7. The van der Waals surface area contributed by atoms with Gasteiger partial charge in [0.1, 0.15) is 5.82 Å². The molecule has 0 atom stereocenters. The summed E-state index contributed by atoms with van der Waals surface area (Å²) in [6, 6.07) is 0. The summed E-state index contributed by atoms with van der Waals surface area (Å²) in [4.78, 5) is 6.81. The first-order valence-electron chi connectivity index (χ1n) is 7.19. The van der Waals surface area contributed by atoms with E-state index in [1.54, 1.807) is 0 Å². The number of nitrogens with one attached hydrogen (secondary N) is 1. The molecule has 2 rings (SSSR count). The highest BCUT2D eigenvalue weighted by Crippen LogP contribution is 2.18. The molecule has 4 nitrogen and oxygen atoms in total. The summed E-state index contributed by atoms with van der Waals surface area (Å²) in [6.45, 7) is 7.71. The summed E-state index contributed by atoms with van der Waals surface area (Å²) in [5.74, 6) is 2.07. The van der Waals surface area contributed by atoms with Crippen LogP contribution in [0.5, 0.6) is 0 Å². The molecule has 1 N–H and O–H groups in total. The van der Waals surface area contributed by atoms with E-state index in [1.165, 1.54) is 32.4 Å². The van der Waals surface area contributed by atoms with E-state index in [1.807, 2.05) is 12.4 Å². The maximum absolute atomic E-state index is 4.38. The Kier molecular flexibility index (Phi) is 5.20. The SMILES string of the molecule is CCn1ccnc1CNCCC1CCN(C)CC1. The van der Waals surface area contributed by atoms with Crippen molar-refractivity contribution < 1.29 is 0 Å². The van der Waals surface area contributed by atoms with Crippen molar-refractivity contribution in [3.8, 4) is 0 Å². The molecule has 0 aromatic carbocycles. The van der Waals surface area contributed by atoms with E-state index in [0.717, 1.165) is 31.4 Å². The normalized spacial score (nSPS) is 18.3. The third-order valence-corrected chi connectivity index (χ3v) is 3.99. The molecule has 0 amide bonds. The number of rotatable bonds is 6. The number of nitrogens with zero attached hydrogens (tertiary/aromatic N) is 3. The fourth-order valence-electron chi connectivity index (χ4n) is 2.65. The van der Waals surface area contributed by atoms with Crippen LogP contribution in [-0.2, 0) is 13.1 Å². The number of hydrogen-bond donors (Lipinski definition) is 1. The highest BCUT2D eigenvalue weighted by Gasteiger charge is 2.15. The van der Waals surface area contributed by atoms with Gasteiger partial charge in [0, 0.05) is 18.9 Å². The minimum atomic E-state index is 0.896. The van der Waals surface area contributed by atoms with Gasteiger partial charge in [-0.25, -0.2) is 4.98 Å². The second-order valence-electron chi connectivity index (χ2n) is 5.34. The van der Waals surface area contributed by atoms with E-state index in [9.17, 15) is 0 Å². The lowest BCUT2D eigenvalue weighted by Gasteiger charge is -2.28. The number of likely N-dealkylation sites (tertiary alicyclic amines) is 1. The molecule has 0 spiro atoms. The van der Waals surface area contributed by atoms with E-state index in [0.29, 0.717) is 0 Å². The minimum absolute atomic E-state index is 0.896. The van der Waals surface area contributed by atoms with Crippen LogP contribution in [0.25, 0.3) is 0 Å². The second kappa shape index (κ2) is 6.90. The Morgan fingerprint density at radius 3 is 2.89 bits per heavy atom. The first kappa shape index (κ1) is 13.6. The van der Waals surface area contributed by atoms with Crippen molar-refractivity contribution in [3.63, 3.8) is 0 Å². The summed E-state index contributed by atoms with van der Waals surface area (Å²) in [5.41, 5.74) is 0.